The van der Waals surface area contributed by atoms with Gasteiger partial charge in [0.15, 0.2) is 0 Å². The van der Waals surface area contributed by atoms with Gasteiger partial charge >= 0.3 is 0 Å². The van der Waals surface area contributed by atoms with Crippen molar-refractivity contribution in [3.05, 3.63) is 77.6 Å². The van der Waals surface area contributed by atoms with Crippen LogP contribution in [0.25, 0.3) is 5.69 Å². The summed E-state index contributed by atoms with van der Waals surface area (Å²) in [4.78, 5) is 23.7. The number of rotatable bonds is 4. The van der Waals surface area contributed by atoms with E-state index >= 15 is 0 Å². The monoisotopic (exact) mass is 353 g/mol. The third-order valence-electron chi connectivity index (χ3n) is 3.54. The molecule has 6 heteroatoms. The smallest absolute Gasteiger partial charge is 0.257 e. The van der Waals surface area contributed by atoms with Crippen LogP contribution >= 0.6 is 11.6 Å². The van der Waals surface area contributed by atoms with Crippen LogP contribution in [0.4, 0.5) is 11.4 Å². The summed E-state index contributed by atoms with van der Waals surface area (Å²) in [6, 6.07) is 16.0. The molecule has 3 aromatic rings. The summed E-state index contributed by atoms with van der Waals surface area (Å²) in [5.41, 5.74) is 2.39. The number of carbonyl (C=O) groups excluding carboxylic acids is 2. The van der Waals surface area contributed by atoms with E-state index in [4.69, 9.17) is 11.6 Å². The molecule has 1 aromatic heterocycles. The van der Waals surface area contributed by atoms with Gasteiger partial charge in [-0.05, 0) is 48.5 Å². The van der Waals surface area contributed by atoms with Crippen LogP contribution in [-0.2, 0) is 4.79 Å². The van der Waals surface area contributed by atoms with E-state index in [-0.39, 0.29) is 11.8 Å². The molecule has 25 heavy (non-hydrogen) atoms. The average Bonchev–Trinajstić information content (AvgIpc) is 3.09. The Morgan fingerprint density at radius 3 is 2.28 bits per heavy atom. The molecule has 1 heterocycles. The summed E-state index contributed by atoms with van der Waals surface area (Å²) < 4.78 is 1.89. The number of hydrogen-bond acceptors (Lipinski definition) is 2. The van der Waals surface area contributed by atoms with E-state index in [0.29, 0.717) is 22.0 Å². The van der Waals surface area contributed by atoms with Crippen LogP contribution in [0.2, 0.25) is 5.02 Å². The van der Waals surface area contributed by atoms with Crippen LogP contribution in [0.15, 0.2) is 67.0 Å². The lowest BCUT2D eigenvalue weighted by atomic mass is 10.1. The highest BCUT2D eigenvalue weighted by atomic mass is 35.5. The Morgan fingerprint density at radius 2 is 1.60 bits per heavy atom. The second-order valence-electron chi connectivity index (χ2n) is 5.47. The minimum Gasteiger partial charge on any atom is -0.326 e. The van der Waals surface area contributed by atoms with E-state index in [9.17, 15) is 9.59 Å². The zero-order valence-corrected chi connectivity index (χ0v) is 14.2. The molecule has 0 saturated heterocycles. The zero-order chi connectivity index (χ0) is 17.8. The number of amides is 2. The van der Waals surface area contributed by atoms with Crippen molar-refractivity contribution in [2.45, 2.75) is 6.92 Å². The summed E-state index contributed by atoms with van der Waals surface area (Å²) >= 11 is 6.19. The Balaban J connectivity index is 1.84. The van der Waals surface area contributed by atoms with E-state index in [1.165, 1.54) is 6.92 Å². The fourth-order valence-electron chi connectivity index (χ4n) is 2.43. The topological polar surface area (TPSA) is 63.1 Å². The van der Waals surface area contributed by atoms with Gasteiger partial charge in [0, 0.05) is 36.4 Å². The Labute approximate surface area is 150 Å². The lowest BCUT2D eigenvalue weighted by Gasteiger charge is -2.11. The molecular weight excluding hydrogens is 338 g/mol. The van der Waals surface area contributed by atoms with E-state index in [1.54, 1.807) is 36.4 Å². The fraction of sp³-hybridized carbons (Fsp3) is 0.0526. The molecule has 3 rings (SSSR count). The quantitative estimate of drug-likeness (QED) is 0.732. The van der Waals surface area contributed by atoms with Crippen LogP contribution in [0, 0.1) is 0 Å². The van der Waals surface area contributed by atoms with Gasteiger partial charge < -0.3 is 15.2 Å². The highest BCUT2D eigenvalue weighted by Gasteiger charge is 2.12. The standard InChI is InChI=1S/C19H16ClN3O2/c1-13(24)21-14-5-4-6-15(11-14)22-19(25)17-12-16(7-8-18(17)20)23-9-2-3-10-23/h2-12H,1H3,(H,21,24)(H,22,25). The number of halogens is 1. The second kappa shape index (κ2) is 7.23. The molecule has 2 aromatic carbocycles. The lowest BCUT2D eigenvalue weighted by molar-refractivity contribution is -0.114. The van der Waals surface area contributed by atoms with Crippen molar-refractivity contribution in [1.29, 1.82) is 0 Å². The van der Waals surface area contributed by atoms with Crippen molar-refractivity contribution >= 4 is 34.8 Å². The highest BCUT2D eigenvalue weighted by molar-refractivity contribution is 6.34. The van der Waals surface area contributed by atoms with E-state index in [0.717, 1.165) is 5.69 Å². The van der Waals surface area contributed by atoms with Gasteiger partial charge in [-0.2, -0.15) is 0 Å². The Bertz CT molecular complexity index is 920. The Hall–Kier alpha value is -3.05. The first-order valence-corrected chi connectivity index (χ1v) is 8.02. The van der Waals surface area contributed by atoms with Gasteiger partial charge in [0.25, 0.3) is 5.91 Å². The average molecular weight is 354 g/mol. The van der Waals surface area contributed by atoms with Crippen molar-refractivity contribution in [3.8, 4) is 5.69 Å². The molecule has 0 spiro atoms. The predicted octanol–water partition coefficient (Wildman–Crippen LogP) is 4.34. The van der Waals surface area contributed by atoms with Gasteiger partial charge in [-0.25, -0.2) is 0 Å². The highest BCUT2D eigenvalue weighted by Crippen LogP contribution is 2.22. The van der Waals surface area contributed by atoms with Gasteiger partial charge in [0.1, 0.15) is 0 Å². The van der Waals surface area contributed by atoms with Crippen LogP contribution in [0.5, 0.6) is 0 Å². The maximum absolute atomic E-state index is 12.6. The minimum absolute atomic E-state index is 0.175. The maximum atomic E-state index is 12.6. The summed E-state index contributed by atoms with van der Waals surface area (Å²) in [5.74, 6) is -0.495. The van der Waals surface area contributed by atoms with Crippen LogP contribution in [0.3, 0.4) is 0 Å². The summed E-state index contributed by atoms with van der Waals surface area (Å²) in [6.07, 6.45) is 3.78. The van der Waals surface area contributed by atoms with Crippen molar-refractivity contribution in [3.63, 3.8) is 0 Å². The lowest BCUT2D eigenvalue weighted by Crippen LogP contribution is -2.13. The van der Waals surface area contributed by atoms with Crippen LogP contribution < -0.4 is 10.6 Å². The summed E-state index contributed by atoms with van der Waals surface area (Å²) in [7, 11) is 0. The van der Waals surface area contributed by atoms with E-state index in [1.807, 2.05) is 35.2 Å². The largest absolute Gasteiger partial charge is 0.326 e. The molecule has 0 atom stereocenters. The van der Waals surface area contributed by atoms with Crippen molar-refractivity contribution in [2.75, 3.05) is 10.6 Å². The maximum Gasteiger partial charge on any atom is 0.257 e. The molecule has 0 unspecified atom stereocenters. The third-order valence-corrected chi connectivity index (χ3v) is 3.87. The molecule has 0 aliphatic rings. The number of anilines is 2. The molecular formula is C19H16ClN3O2. The predicted molar refractivity (Wildman–Crippen MR) is 99.5 cm³/mol. The van der Waals surface area contributed by atoms with Gasteiger partial charge in [-0.3, -0.25) is 9.59 Å². The number of benzene rings is 2. The SMILES string of the molecule is CC(=O)Nc1cccc(NC(=O)c2cc(-n3cccc3)ccc2Cl)c1. The van der Waals surface area contributed by atoms with Crippen LogP contribution in [-0.4, -0.2) is 16.4 Å². The Kier molecular flexibility index (Phi) is 4.86. The zero-order valence-electron chi connectivity index (χ0n) is 13.5. The molecule has 0 aliphatic carbocycles. The molecule has 2 N–H and O–H groups in total. The van der Waals surface area contributed by atoms with Gasteiger partial charge in [-0.1, -0.05) is 17.7 Å². The van der Waals surface area contributed by atoms with Crippen molar-refractivity contribution < 1.29 is 9.59 Å². The van der Waals surface area contributed by atoms with Crippen molar-refractivity contribution in [1.82, 2.24) is 4.57 Å². The minimum atomic E-state index is -0.320. The van der Waals surface area contributed by atoms with Gasteiger partial charge in [0.2, 0.25) is 5.91 Å². The number of carbonyl (C=O) groups is 2. The molecule has 0 fully saturated rings. The molecule has 126 valence electrons. The third kappa shape index (κ3) is 4.08. The fourth-order valence-corrected chi connectivity index (χ4v) is 2.63. The molecule has 2 amide bonds. The van der Waals surface area contributed by atoms with E-state index < -0.39 is 0 Å². The van der Waals surface area contributed by atoms with Crippen LogP contribution in [0.1, 0.15) is 17.3 Å². The number of nitrogens with one attached hydrogen (secondary N) is 2. The first kappa shape index (κ1) is 16.8. The summed E-state index contributed by atoms with van der Waals surface area (Å²) in [6.45, 7) is 1.43. The Morgan fingerprint density at radius 1 is 0.920 bits per heavy atom. The van der Waals surface area contributed by atoms with E-state index in [2.05, 4.69) is 10.6 Å². The van der Waals surface area contributed by atoms with Gasteiger partial charge in [0.05, 0.1) is 10.6 Å². The molecule has 0 bridgehead atoms. The normalized spacial score (nSPS) is 10.3. The number of hydrogen-bond donors (Lipinski definition) is 2. The molecule has 0 saturated carbocycles. The first-order valence-electron chi connectivity index (χ1n) is 7.65. The van der Waals surface area contributed by atoms with Gasteiger partial charge in [-0.15, -0.1) is 0 Å². The molecule has 0 aliphatic heterocycles. The number of nitrogens with zero attached hydrogens (tertiary/aromatic N) is 1. The number of aromatic nitrogens is 1. The summed E-state index contributed by atoms with van der Waals surface area (Å²) in [5, 5.41) is 5.85. The van der Waals surface area contributed by atoms with Crippen molar-refractivity contribution in [2.24, 2.45) is 0 Å². The first-order chi connectivity index (χ1) is 12.0. The second-order valence-corrected chi connectivity index (χ2v) is 5.88. The molecule has 0 radical (unpaired) electrons. The molecule has 5 nitrogen and oxygen atoms in total.